The molecule has 1 N–H and O–H groups in total. The number of hydrogen-bond acceptors (Lipinski definition) is 2. The molecule has 0 atom stereocenters. The summed E-state index contributed by atoms with van der Waals surface area (Å²) in [4.78, 5) is 16.7. The lowest BCUT2D eigenvalue weighted by Gasteiger charge is -2.09. The molecule has 0 aliphatic carbocycles. The number of rotatable bonds is 2. The molecule has 0 unspecified atom stereocenters. The SMILES string of the molecule is Cc1cc(F)cc(NC(=O)c2ccc(Cl)c3cccnc23)c1. The maximum absolute atomic E-state index is 13.4. The van der Waals surface area contributed by atoms with E-state index < -0.39 is 5.82 Å². The number of nitrogens with one attached hydrogen (secondary N) is 1. The summed E-state index contributed by atoms with van der Waals surface area (Å²) in [7, 11) is 0. The molecule has 22 heavy (non-hydrogen) atoms. The van der Waals surface area contributed by atoms with E-state index in [0.717, 1.165) is 5.56 Å². The standard InChI is InChI=1S/C17H12ClFN2O/c1-10-7-11(19)9-12(8-10)21-17(22)14-4-5-15(18)13-3-2-6-20-16(13)14/h2-9H,1H3,(H,21,22). The van der Waals surface area contributed by atoms with Gasteiger partial charge in [-0.05, 0) is 55.0 Å². The fourth-order valence-corrected chi connectivity index (χ4v) is 2.54. The van der Waals surface area contributed by atoms with Gasteiger partial charge >= 0.3 is 0 Å². The Bertz CT molecular complexity index is 859. The molecule has 3 nitrogen and oxygen atoms in total. The Balaban J connectivity index is 2.01. The minimum absolute atomic E-state index is 0.356. The summed E-state index contributed by atoms with van der Waals surface area (Å²) in [6.07, 6.45) is 1.60. The molecule has 0 aliphatic heterocycles. The lowest BCUT2D eigenvalue weighted by Crippen LogP contribution is -2.13. The van der Waals surface area contributed by atoms with Crippen LogP contribution in [0.1, 0.15) is 15.9 Å². The molecule has 0 radical (unpaired) electrons. The average molecular weight is 315 g/mol. The van der Waals surface area contributed by atoms with Crippen molar-refractivity contribution in [3.05, 3.63) is 70.6 Å². The van der Waals surface area contributed by atoms with E-state index in [4.69, 9.17) is 11.6 Å². The van der Waals surface area contributed by atoms with Gasteiger partial charge in [0.1, 0.15) is 5.82 Å². The van der Waals surface area contributed by atoms with Crippen LogP contribution in [0.4, 0.5) is 10.1 Å². The molecule has 110 valence electrons. The van der Waals surface area contributed by atoms with Gasteiger partial charge in [0.15, 0.2) is 0 Å². The highest BCUT2D eigenvalue weighted by Gasteiger charge is 2.13. The van der Waals surface area contributed by atoms with Crippen LogP contribution in [-0.4, -0.2) is 10.9 Å². The van der Waals surface area contributed by atoms with E-state index >= 15 is 0 Å². The number of carbonyl (C=O) groups excluding carboxylic acids is 1. The number of pyridine rings is 1. The van der Waals surface area contributed by atoms with Crippen LogP contribution in [0.3, 0.4) is 0 Å². The highest BCUT2D eigenvalue weighted by molar-refractivity contribution is 6.36. The monoisotopic (exact) mass is 314 g/mol. The second-order valence-electron chi connectivity index (χ2n) is 4.97. The summed E-state index contributed by atoms with van der Waals surface area (Å²) in [5, 5.41) is 3.92. The second kappa shape index (κ2) is 5.73. The van der Waals surface area contributed by atoms with Crippen molar-refractivity contribution in [1.82, 2.24) is 4.98 Å². The summed E-state index contributed by atoms with van der Waals surface area (Å²) in [5.41, 5.74) is 2.04. The molecule has 3 aromatic rings. The summed E-state index contributed by atoms with van der Waals surface area (Å²) >= 11 is 6.11. The Hall–Kier alpha value is -2.46. The van der Waals surface area contributed by atoms with Crippen LogP contribution >= 0.6 is 11.6 Å². The fourth-order valence-electron chi connectivity index (χ4n) is 2.33. The lowest BCUT2D eigenvalue weighted by atomic mass is 10.1. The number of carbonyl (C=O) groups is 1. The van der Waals surface area contributed by atoms with Crippen LogP contribution in [-0.2, 0) is 0 Å². The number of nitrogens with zero attached hydrogens (tertiary/aromatic N) is 1. The number of anilines is 1. The first kappa shape index (κ1) is 14.5. The van der Waals surface area contributed by atoms with Crippen molar-refractivity contribution in [2.75, 3.05) is 5.32 Å². The van der Waals surface area contributed by atoms with Gasteiger partial charge in [0.05, 0.1) is 16.1 Å². The highest BCUT2D eigenvalue weighted by atomic mass is 35.5. The van der Waals surface area contributed by atoms with E-state index in [2.05, 4.69) is 10.3 Å². The summed E-state index contributed by atoms with van der Waals surface area (Å²) in [5.74, 6) is -0.750. The van der Waals surface area contributed by atoms with E-state index in [-0.39, 0.29) is 5.91 Å². The summed E-state index contributed by atoms with van der Waals surface area (Å²) < 4.78 is 13.4. The van der Waals surface area contributed by atoms with Gasteiger partial charge in [-0.3, -0.25) is 9.78 Å². The number of aryl methyl sites for hydroxylation is 1. The smallest absolute Gasteiger partial charge is 0.257 e. The Morgan fingerprint density at radius 3 is 2.82 bits per heavy atom. The zero-order valence-corrected chi connectivity index (χ0v) is 12.5. The van der Waals surface area contributed by atoms with Crippen molar-refractivity contribution in [2.45, 2.75) is 6.92 Å². The van der Waals surface area contributed by atoms with Gasteiger partial charge in [0.25, 0.3) is 5.91 Å². The van der Waals surface area contributed by atoms with E-state index in [1.54, 1.807) is 43.5 Å². The van der Waals surface area contributed by atoms with Gasteiger partial charge in [-0.25, -0.2) is 4.39 Å². The van der Waals surface area contributed by atoms with Gasteiger partial charge in [-0.15, -0.1) is 0 Å². The third-order valence-corrected chi connectivity index (χ3v) is 3.59. The normalized spacial score (nSPS) is 10.7. The van der Waals surface area contributed by atoms with Crippen LogP contribution in [0.15, 0.2) is 48.7 Å². The maximum atomic E-state index is 13.4. The predicted octanol–water partition coefficient (Wildman–Crippen LogP) is 4.59. The van der Waals surface area contributed by atoms with Crippen LogP contribution < -0.4 is 5.32 Å². The van der Waals surface area contributed by atoms with E-state index in [1.165, 1.54) is 12.1 Å². The lowest BCUT2D eigenvalue weighted by molar-refractivity contribution is 0.102. The molecule has 0 spiro atoms. The van der Waals surface area contributed by atoms with Gasteiger partial charge in [-0.2, -0.15) is 0 Å². The number of benzene rings is 2. The van der Waals surface area contributed by atoms with Crippen molar-refractivity contribution in [3.8, 4) is 0 Å². The largest absolute Gasteiger partial charge is 0.322 e. The van der Waals surface area contributed by atoms with Crippen LogP contribution in [0.25, 0.3) is 10.9 Å². The molecule has 1 aromatic heterocycles. The highest BCUT2D eigenvalue weighted by Crippen LogP contribution is 2.25. The third-order valence-electron chi connectivity index (χ3n) is 3.26. The number of amides is 1. The van der Waals surface area contributed by atoms with Crippen molar-refractivity contribution in [3.63, 3.8) is 0 Å². The molecule has 1 amide bonds. The van der Waals surface area contributed by atoms with Crippen LogP contribution in [0, 0.1) is 12.7 Å². The molecule has 0 fully saturated rings. The maximum Gasteiger partial charge on any atom is 0.257 e. The van der Waals surface area contributed by atoms with Crippen molar-refractivity contribution >= 4 is 34.1 Å². The second-order valence-corrected chi connectivity index (χ2v) is 5.37. The fraction of sp³-hybridized carbons (Fsp3) is 0.0588. The van der Waals surface area contributed by atoms with Crippen molar-refractivity contribution in [1.29, 1.82) is 0 Å². The Labute approximate surface area is 131 Å². The third kappa shape index (κ3) is 2.78. The molecule has 5 heteroatoms. The van der Waals surface area contributed by atoms with Gasteiger partial charge in [0.2, 0.25) is 0 Å². The molecule has 0 saturated heterocycles. The molecular formula is C17H12ClFN2O. The number of hydrogen-bond donors (Lipinski definition) is 1. The zero-order valence-electron chi connectivity index (χ0n) is 11.7. The predicted molar refractivity (Wildman–Crippen MR) is 85.8 cm³/mol. The van der Waals surface area contributed by atoms with Gasteiger partial charge in [0, 0.05) is 17.3 Å². The summed E-state index contributed by atoms with van der Waals surface area (Å²) in [6, 6.07) is 11.2. The molecule has 0 aliphatic rings. The minimum Gasteiger partial charge on any atom is -0.322 e. The zero-order chi connectivity index (χ0) is 15.7. The van der Waals surface area contributed by atoms with Crippen molar-refractivity contribution < 1.29 is 9.18 Å². The first-order chi connectivity index (χ1) is 10.5. The Morgan fingerprint density at radius 1 is 1.23 bits per heavy atom. The van der Waals surface area contributed by atoms with E-state index in [1.807, 2.05) is 0 Å². The first-order valence-electron chi connectivity index (χ1n) is 6.66. The molecule has 0 bridgehead atoms. The van der Waals surface area contributed by atoms with Gasteiger partial charge < -0.3 is 5.32 Å². The summed E-state index contributed by atoms with van der Waals surface area (Å²) in [6.45, 7) is 1.76. The Kier molecular flexibility index (Phi) is 3.77. The van der Waals surface area contributed by atoms with Crippen LogP contribution in [0.2, 0.25) is 5.02 Å². The van der Waals surface area contributed by atoms with E-state index in [9.17, 15) is 9.18 Å². The minimum atomic E-state index is -0.394. The van der Waals surface area contributed by atoms with E-state index in [0.29, 0.717) is 27.2 Å². The first-order valence-corrected chi connectivity index (χ1v) is 7.04. The topological polar surface area (TPSA) is 42.0 Å². The quantitative estimate of drug-likeness (QED) is 0.751. The molecule has 2 aromatic carbocycles. The van der Waals surface area contributed by atoms with Crippen LogP contribution in [0.5, 0.6) is 0 Å². The molecule has 0 saturated carbocycles. The van der Waals surface area contributed by atoms with Gasteiger partial charge in [-0.1, -0.05) is 11.6 Å². The molecule has 1 heterocycles. The number of halogens is 2. The molecule has 3 rings (SSSR count). The van der Waals surface area contributed by atoms with Crippen molar-refractivity contribution in [2.24, 2.45) is 0 Å². The Morgan fingerprint density at radius 2 is 2.05 bits per heavy atom. The molecular weight excluding hydrogens is 303 g/mol. The number of aromatic nitrogens is 1. The average Bonchev–Trinajstić information content (AvgIpc) is 2.46. The number of fused-ring (bicyclic) bond motifs is 1.